The zero-order chi connectivity index (χ0) is 42.9. The van der Waals surface area contributed by atoms with Gasteiger partial charge >= 0.3 is 35.8 Å². The van der Waals surface area contributed by atoms with Crippen molar-refractivity contribution in [1.82, 2.24) is 29.5 Å². The fraction of sp³-hybridized carbons (Fsp3) is 0.269. The number of rotatable bonds is 11. The standard InChI is InChI=1S/C11H11N5O6S2.C10H5Cl2F3N4O2.C5H12NO4P/c1-5-12-9(15-11(13-5)22-2)14-10(19)16-24(20,21)6-3-4-23-7(6)8(17)18;11-5-1-4(10(13,14)15)2-6(12)8(5)18-9(16)7(3-17-18)19(20)21;1-11(9,10)3-2-4(6)5(7)8/h3-4H,1-2H3,(H,17,18)(H2,12,13,14,15,16,19);1-3H,16H2;4H,2-3,6H2,1H3,(H,7,8)(H,9,10). The second kappa shape index (κ2) is 19.1. The first-order valence-corrected chi connectivity index (χ1v) is 19.8. The van der Waals surface area contributed by atoms with Crippen molar-refractivity contribution in [1.29, 1.82) is 0 Å². The van der Waals surface area contributed by atoms with Gasteiger partial charge in [-0.25, -0.2) is 27.4 Å². The van der Waals surface area contributed by atoms with Crippen LogP contribution in [0, 0.1) is 17.0 Å². The number of hydrogen-bond acceptors (Lipinski definition) is 16. The lowest BCUT2D eigenvalue weighted by Crippen LogP contribution is -2.35. The number of carboxylic acids is 2. The Balaban J connectivity index is 0.000000310. The Kier molecular flexibility index (Phi) is 16.0. The third-order valence-corrected chi connectivity index (χ3v) is 10.3. The lowest BCUT2D eigenvalue weighted by Gasteiger charge is -2.12. The molecule has 2 unspecified atom stereocenters. The number of amides is 2. The number of aromatic nitrogens is 5. The van der Waals surface area contributed by atoms with E-state index in [2.05, 4.69) is 25.4 Å². The van der Waals surface area contributed by atoms with E-state index in [9.17, 15) is 50.7 Å². The van der Waals surface area contributed by atoms with E-state index in [-0.39, 0.29) is 46.1 Å². The molecular weight excluding hydrogens is 867 g/mol. The maximum Gasteiger partial charge on any atom is 0.416 e. The Morgan fingerprint density at radius 2 is 1.77 bits per heavy atom. The van der Waals surface area contributed by atoms with Gasteiger partial charge in [0, 0.05) is 12.8 Å². The van der Waals surface area contributed by atoms with Gasteiger partial charge in [0.15, 0.2) is 7.37 Å². The van der Waals surface area contributed by atoms with Crippen molar-refractivity contribution in [3.8, 4) is 11.7 Å². The van der Waals surface area contributed by atoms with Crippen molar-refractivity contribution < 1.29 is 65.3 Å². The number of aryl methyl sites for hydroxylation is 1. The van der Waals surface area contributed by atoms with Gasteiger partial charge in [0.2, 0.25) is 11.8 Å². The van der Waals surface area contributed by atoms with E-state index in [0.717, 1.165) is 28.3 Å². The molecule has 0 saturated carbocycles. The predicted octanol–water partition coefficient (Wildman–Crippen LogP) is 3.84. The van der Waals surface area contributed by atoms with Crippen LogP contribution in [-0.4, -0.2) is 97.1 Å². The fourth-order valence-electron chi connectivity index (χ4n) is 3.68. The number of nitrogens with one attached hydrogen (secondary N) is 2. The Morgan fingerprint density at radius 3 is 2.23 bits per heavy atom. The van der Waals surface area contributed by atoms with Crippen molar-refractivity contribution >= 4 is 87.4 Å². The van der Waals surface area contributed by atoms with Gasteiger partial charge in [-0.1, -0.05) is 23.2 Å². The number of halogens is 5. The zero-order valence-electron chi connectivity index (χ0n) is 28.4. The monoisotopic (exact) mass is 894 g/mol. The summed E-state index contributed by atoms with van der Waals surface area (Å²) in [6.45, 7) is 2.70. The third-order valence-electron chi connectivity index (χ3n) is 6.19. The van der Waals surface area contributed by atoms with Crippen molar-refractivity contribution in [2.24, 2.45) is 5.73 Å². The fourth-order valence-corrected chi connectivity index (χ4v) is 7.25. The van der Waals surface area contributed by atoms with Gasteiger partial charge in [0.25, 0.3) is 10.0 Å². The van der Waals surface area contributed by atoms with Crippen LogP contribution in [0.4, 0.5) is 35.4 Å². The SMILES string of the molecule is COc1nc(C)nc(NC(=O)NS(=O)(=O)c2ccsc2C(=O)O)n1.CP(=O)(O)CCC(N)C(=O)O.Nc1c([N+](=O)[O-])cnn1-c1c(Cl)cc(C(F)(F)F)cc1Cl. The number of aromatic carboxylic acids is 1. The Bertz CT molecular complexity index is 2250. The second-order valence-corrected chi connectivity index (χ2v) is 16.5. The molecule has 0 fully saturated rings. The first kappa shape index (κ1) is 47.0. The highest BCUT2D eigenvalue weighted by molar-refractivity contribution is 7.90. The molecule has 0 bridgehead atoms. The quantitative estimate of drug-likeness (QED) is 0.0639. The summed E-state index contributed by atoms with van der Waals surface area (Å²) in [5.74, 6) is -2.94. The molecule has 3 aromatic heterocycles. The van der Waals surface area contributed by atoms with Crippen LogP contribution in [0.3, 0.4) is 0 Å². The van der Waals surface area contributed by atoms with Crippen molar-refractivity contribution in [2.45, 2.75) is 30.5 Å². The number of hydrogen-bond donors (Lipinski definition) is 7. The minimum atomic E-state index is -4.63. The minimum absolute atomic E-state index is 0.0412. The lowest BCUT2D eigenvalue weighted by atomic mass is 10.2. The summed E-state index contributed by atoms with van der Waals surface area (Å²) in [5.41, 5.74) is 8.87. The predicted molar refractivity (Wildman–Crippen MR) is 192 cm³/mol. The summed E-state index contributed by atoms with van der Waals surface area (Å²) in [4.78, 5) is 62.0. The Labute approximate surface area is 326 Å². The van der Waals surface area contributed by atoms with Gasteiger partial charge in [-0.2, -0.15) is 33.2 Å². The summed E-state index contributed by atoms with van der Waals surface area (Å²) in [7, 11) is -6.16. The van der Waals surface area contributed by atoms with E-state index in [1.54, 1.807) is 4.72 Å². The number of anilines is 2. The topological polar surface area (TPSA) is 348 Å². The van der Waals surface area contributed by atoms with Gasteiger partial charge in [-0.05, 0) is 36.9 Å². The molecule has 9 N–H and O–H groups in total. The Morgan fingerprint density at radius 1 is 1.18 bits per heavy atom. The van der Waals surface area contributed by atoms with E-state index < -0.39 is 79.3 Å². The molecule has 56 heavy (non-hydrogen) atoms. The van der Waals surface area contributed by atoms with Crippen molar-refractivity contribution in [2.75, 3.05) is 31.0 Å². The number of nitrogens with two attached hydrogens (primary N) is 2. The largest absolute Gasteiger partial charge is 0.480 e. The van der Waals surface area contributed by atoms with E-state index in [1.165, 1.54) is 26.1 Å². The number of carboxylic acid groups (broad SMARTS) is 2. The first-order chi connectivity index (χ1) is 25.7. The van der Waals surface area contributed by atoms with Crippen LogP contribution >= 0.6 is 41.9 Å². The maximum atomic E-state index is 12.6. The number of aliphatic carboxylic acids is 1. The average Bonchev–Trinajstić information content (AvgIpc) is 3.71. The number of carbonyl (C=O) groups is 3. The second-order valence-electron chi connectivity index (χ2n) is 10.5. The number of methoxy groups -OCH3 is 1. The van der Waals surface area contributed by atoms with Crippen molar-refractivity contribution in [3.63, 3.8) is 0 Å². The Hall–Kier alpha value is -5.18. The number of nitrogens with zero attached hydrogens (tertiary/aromatic N) is 6. The molecular formula is C26H28Cl2F3N10O12PS2. The van der Waals surface area contributed by atoms with Gasteiger partial charge < -0.3 is 31.3 Å². The average molecular weight is 896 g/mol. The summed E-state index contributed by atoms with van der Waals surface area (Å²) in [6, 6.07) is 0.0953. The van der Waals surface area contributed by atoms with Gasteiger partial charge in [-0.15, -0.1) is 11.3 Å². The molecule has 2 atom stereocenters. The molecule has 3 heterocycles. The highest BCUT2D eigenvalue weighted by atomic mass is 35.5. The maximum absolute atomic E-state index is 12.6. The minimum Gasteiger partial charge on any atom is -0.480 e. The molecule has 2 amide bonds. The number of carbonyl (C=O) groups excluding carboxylic acids is 1. The molecule has 22 nitrogen and oxygen atoms in total. The van der Waals surface area contributed by atoms with Crippen LogP contribution in [0.15, 0.2) is 34.7 Å². The van der Waals surface area contributed by atoms with Crippen LogP contribution in [0.5, 0.6) is 6.01 Å². The zero-order valence-corrected chi connectivity index (χ0v) is 32.4. The number of nitrogen functional groups attached to an aromatic ring is 1. The van der Waals surface area contributed by atoms with E-state index in [0.29, 0.717) is 12.1 Å². The highest BCUT2D eigenvalue weighted by Gasteiger charge is 2.33. The number of alkyl halides is 3. The number of benzene rings is 1. The number of nitro groups is 1. The highest BCUT2D eigenvalue weighted by Crippen LogP contribution is 2.39. The van der Waals surface area contributed by atoms with E-state index in [4.69, 9.17) is 54.5 Å². The molecule has 4 rings (SSSR count). The summed E-state index contributed by atoms with van der Waals surface area (Å²) in [5, 5.41) is 34.2. The van der Waals surface area contributed by atoms with E-state index in [1.807, 2.05) is 0 Å². The van der Waals surface area contributed by atoms with Crippen molar-refractivity contribution in [3.05, 3.63) is 66.2 Å². The molecule has 0 saturated heterocycles. The normalized spacial score (nSPS) is 12.8. The van der Waals surface area contributed by atoms with Crippen LogP contribution < -0.4 is 26.2 Å². The third kappa shape index (κ3) is 13.5. The van der Waals surface area contributed by atoms with Crippen LogP contribution in [0.1, 0.15) is 27.5 Å². The molecule has 0 aliphatic heterocycles. The lowest BCUT2D eigenvalue weighted by molar-refractivity contribution is -0.383. The van der Waals surface area contributed by atoms with Crippen LogP contribution in [-0.2, 0) is 25.6 Å². The molecule has 4 aromatic rings. The smallest absolute Gasteiger partial charge is 0.416 e. The number of ether oxygens (including phenoxy) is 1. The van der Waals surface area contributed by atoms with Gasteiger partial charge in [-0.3, -0.25) is 24.8 Å². The summed E-state index contributed by atoms with van der Waals surface area (Å²) >= 11 is 12.3. The molecule has 0 spiro atoms. The number of thiophene rings is 1. The molecule has 0 radical (unpaired) electrons. The molecule has 0 aliphatic carbocycles. The molecule has 1 aromatic carbocycles. The molecule has 30 heteroatoms. The summed E-state index contributed by atoms with van der Waals surface area (Å²) < 4.78 is 80.0. The van der Waals surface area contributed by atoms with Gasteiger partial charge in [0.05, 0.1) is 27.6 Å². The number of urea groups is 1. The van der Waals surface area contributed by atoms with Gasteiger partial charge in [0.1, 0.15) is 33.5 Å². The molecule has 0 aliphatic rings. The van der Waals surface area contributed by atoms with E-state index >= 15 is 0 Å². The van der Waals surface area contributed by atoms with Crippen LogP contribution in [0.25, 0.3) is 5.69 Å². The molecule has 306 valence electrons. The summed E-state index contributed by atoms with van der Waals surface area (Å²) in [6.07, 6.45) is -3.78. The first-order valence-electron chi connectivity index (χ1n) is 14.4. The van der Waals surface area contributed by atoms with Crippen LogP contribution in [0.2, 0.25) is 10.0 Å². The number of sulfonamides is 1.